The van der Waals surface area contributed by atoms with Crippen molar-refractivity contribution in [2.45, 2.75) is 38.6 Å². The van der Waals surface area contributed by atoms with E-state index in [0.717, 1.165) is 37.4 Å². The summed E-state index contributed by atoms with van der Waals surface area (Å²) in [5.41, 5.74) is 1.01. The average molecular weight is 315 g/mol. The Balaban J connectivity index is 1.62. The van der Waals surface area contributed by atoms with E-state index in [9.17, 15) is 4.39 Å². The van der Waals surface area contributed by atoms with Crippen molar-refractivity contribution in [1.82, 2.24) is 15.1 Å². The maximum atomic E-state index is 12.9. The summed E-state index contributed by atoms with van der Waals surface area (Å²) in [6.07, 6.45) is 6.37. The van der Waals surface area contributed by atoms with E-state index in [1.165, 1.54) is 12.1 Å². The van der Waals surface area contributed by atoms with E-state index in [2.05, 4.69) is 28.1 Å². The standard InChI is InChI=1S/C18H22FN3O/c1-13-17(18-21-20-14(2)23-18)6-4-12-22(13)11-3-5-15-7-9-16(19)10-8-15/h3,5,7-10,13,17H,4,6,11-12H2,1-2H3/b5-3+/t13-,17-/m0/s1. The van der Waals surface area contributed by atoms with Gasteiger partial charge in [0, 0.05) is 19.5 Å². The molecule has 4 nitrogen and oxygen atoms in total. The number of rotatable bonds is 4. The summed E-state index contributed by atoms with van der Waals surface area (Å²) >= 11 is 0. The van der Waals surface area contributed by atoms with Crippen molar-refractivity contribution in [2.75, 3.05) is 13.1 Å². The number of aromatic nitrogens is 2. The van der Waals surface area contributed by atoms with Gasteiger partial charge in [0.2, 0.25) is 11.8 Å². The number of hydrogen-bond donors (Lipinski definition) is 0. The number of aryl methyl sites for hydroxylation is 1. The molecule has 0 unspecified atom stereocenters. The molecule has 0 amide bonds. The predicted octanol–water partition coefficient (Wildman–Crippen LogP) is 3.80. The molecular weight excluding hydrogens is 293 g/mol. The van der Waals surface area contributed by atoms with E-state index in [4.69, 9.17) is 4.42 Å². The lowest BCUT2D eigenvalue weighted by molar-refractivity contribution is 0.140. The summed E-state index contributed by atoms with van der Waals surface area (Å²) in [6, 6.07) is 6.90. The lowest BCUT2D eigenvalue weighted by atomic mass is 9.90. The molecular formula is C18H22FN3O. The summed E-state index contributed by atoms with van der Waals surface area (Å²) in [4.78, 5) is 2.42. The van der Waals surface area contributed by atoms with Crippen LogP contribution >= 0.6 is 0 Å². The molecule has 23 heavy (non-hydrogen) atoms. The van der Waals surface area contributed by atoms with Gasteiger partial charge >= 0.3 is 0 Å². The van der Waals surface area contributed by atoms with Crippen LogP contribution in [0.15, 0.2) is 34.8 Å². The van der Waals surface area contributed by atoms with Gasteiger partial charge in [0.05, 0.1) is 5.92 Å². The minimum atomic E-state index is -0.204. The van der Waals surface area contributed by atoms with Gasteiger partial charge in [0.25, 0.3) is 0 Å². The van der Waals surface area contributed by atoms with Crippen LogP contribution < -0.4 is 0 Å². The molecule has 122 valence electrons. The van der Waals surface area contributed by atoms with Crippen LogP contribution in [0.5, 0.6) is 0 Å². The molecule has 1 aromatic heterocycles. The number of hydrogen-bond acceptors (Lipinski definition) is 4. The van der Waals surface area contributed by atoms with Gasteiger partial charge in [-0.15, -0.1) is 10.2 Å². The molecule has 0 N–H and O–H groups in total. The highest BCUT2D eigenvalue weighted by Crippen LogP contribution is 2.31. The summed E-state index contributed by atoms with van der Waals surface area (Å²) in [5, 5.41) is 8.14. The highest BCUT2D eigenvalue weighted by atomic mass is 19.1. The van der Waals surface area contributed by atoms with Crippen LogP contribution in [-0.4, -0.2) is 34.2 Å². The second kappa shape index (κ2) is 7.04. The van der Waals surface area contributed by atoms with Crippen molar-refractivity contribution in [3.8, 4) is 0 Å². The summed E-state index contributed by atoms with van der Waals surface area (Å²) in [6.45, 7) is 5.98. The summed E-state index contributed by atoms with van der Waals surface area (Å²) in [5.74, 6) is 1.47. The molecule has 5 heteroatoms. The van der Waals surface area contributed by atoms with Crippen molar-refractivity contribution in [1.29, 1.82) is 0 Å². The molecule has 2 aromatic rings. The van der Waals surface area contributed by atoms with Gasteiger partial charge < -0.3 is 4.42 Å². The smallest absolute Gasteiger partial charge is 0.221 e. The van der Waals surface area contributed by atoms with Gasteiger partial charge in [-0.1, -0.05) is 24.3 Å². The normalized spacial score (nSPS) is 22.7. The Hall–Kier alpha value is -2.01. The number of halogens is 1. The fourth-order valence-corrected chi connectivity index (χ4v) is 3.16. The Morgan fingerprint density at radius 3 is 2.78 bits per heavy atom. The van der Waals surface area contributed by atoms with E-state index in [1.807, 2.05) is 13.0 Å². The topological polar surface area (TPSA) is 42.2 Å². The number of piperidine rings is 1. The molecule has 0 radical (unpaired) electrons. The largest absolute Gasteiger partial charge is 0.425 e. The highest BCUT2D eigenvalue weighted by Gasteiger charge is 2.31. The van der Waals surface area contributed by atoms with Gasteiger partial charge in [-0.25, -0.2) is 4.39 Å². The average Bonchev–Trinajstić information content (AvgIpc) is 2.97. The third-order valence-corrected chi connectivity index (χ3v) is 4.50. The fourth-order valence-electron chi connectivity index (χ4n) is 3.16. The van der Waals surface area contributed by atoms with Gasteiger partial charge in [-0.2, -0.15) is 0 Å². The monoisotopic (exact) mass is 315 g/mol. The Bertz CT molecular complexity index is 665. The molecule has 1 aliphatic heterocycles. The van der Waals surface area contributed by atoms with Gasteiger partial charge in [0.15, 0.2) is 0 Å². The van der Waals surface area contributed by atoms with Crippen molar-refractivity contribution >= 4 is 6.08 Å². The summed E-state index contributed by atoms with van der Waals surface area (Å²) < 4.78 is 18.5. The number of benzene rings is 1. The lowest BCUT2D eigenvalue weighted by Gasteiger charge is -2.37. The van der Waals surface area contributed by atoms with Gasteiger partial charge in [-0.05, 0) is 44.0 Å². The Kier molecular flexibility index (Phi) is 4.86. The zero-order valence-corrected chi connectivity index (χ0v) is 13.6. The molecule has 1 fully saturated rings. The molecule has 1 aromatic carbocycles. The van der Waals surface area contributed by atoms with E-state index in [-0.39, 0.29) is 5.82 Å². The van der Waals surface area contributed by atoms with Crippen molar-refractivity contribution in [3.63, 3.8) is 0 Å². The molecule has 3 rings (SSSR count). The van der Waals surface area contributed by atoms with Crippen LogP contribution in [0.1, 0.15) is 43.0 Å². The molecule has 2 atom stereocenters. The zero-order valence-electron chi connectivity index (χ0n) is 13.6. The first-order valence-corrected chi connectivity index (χ1v) is 8.09. The molecule has 0 bridgehead atoms. The third-order valence-electron chi connectivity index (χ3n) is 4.50. The van der Waals surface area contributed by atoms with Gasteiger partial charge in [0.1, 0.15) is 5.82 Å². The van der Waals surface area contributed by atoms with Crippen LogP contribution in [0, 0.1) is 12.7 Å². The molecule has 1 saturated heterocycles. The SMILES string of the molecule is Cc1nnc([C@H]2CCCN(C/C=C/c3ccc(F)cc3)[C@H]2C)o1. The predicted molar refractivity (Wildman–Crippen MR) is 87.5 cm³/mol. The van der Waals surface area contributed by atoms with Crippen LogP contribution in [0.3, 0.4) is 0 Å². The maximum Gasteiger partial charge on any atom is 0.221 e. The fraction of sp³-hybridized carbons (Fsp3) is 0.444. The first kappa shape index (κ1) is 15.9. The molecule has 0 saturated carbocycles. The Morgan fingerprint density at radius 2 is 2.09 bits per heavy atom. The number of likely N-dealkylation sites (tertiary alicyclic amines) is 1. The first-order valence-electron chi connectivity index (χ1n) is 8.09. The van der Waals surface area contributed by atoms with Crippen molar-refractivity contribution in [2.24, 2.45) is 0 Å². The second-order valence-electron chi connectivity index (χ2n) is 6.10. The van der Waals surface area contributed by atoms with Crippen molar-refractivity contribution in [3.05, 3.63) is 53.5 Å². The first-order chi connectivity index (χ1) is 11.1. The van der Waals surface area contributed by atoms with E-state index < -0.39 is 0 Å². The van der Waals surface area contributed by atoms with E-state index >= 15 is 0 Å². The summed E-state index contributed by atoms with van der Waals surface area (Å²) in [7, 11) is 0. The zero-order chi connectivity index (χ0) is 16.2. The van der Waals surface area contributed by atoms with E-state index in [0.29, 0.717) is 17.9 Å². The molecule has 0 spiro atoms. The maximum absolute atomic E-state index is 12.9. The molecule has 2 heterocycles. The molecule has 0 aliphatic carbocycles. The second-order valence-corrected chi connectivity index (χ2v) is 6.10. The van der Waals surface area contributed by atoms with E-state index in [1.54, 1.807) is 12.1 Å². The van der Waals surface area contributed by atoms with Crippen LogP contribution in [0.25, 0.3) is 6.08 Å². The van der Waals surface area contributed by atoms with Crippen molar-refractivity contribution < 1.29 is 8.81 Å². The van der Waals surface area contributed by atoms with Crippen LogP contribution in [0.2, 0.25) is 0 Å². The third kappa shape index (κ3) is 3.85. The Morgan fingerprint density at radius 1 is 1.30 bits per heavy atom. The number of nitrogens with zero attached hydrogens (tertiary/aromatic N) is 3. The minimum absolute atomic E-state index is 0.204. The Labute approximate surface area is 136 Å². The van der Waals surface area contributed by atoms with Gasteiger partial charge in [-0.3, -0.25) is 4.90 Å². The van der Waals surface area contributed by atoms with Crippen LogP contribution in [-0.2, 0) is 0 Å². The molecule has 1 aliphatic rings. The van der Waals surface area contributed by atoms with Crippen LogP contribution in [0.4, 0.5) is 4.39 Å². The lowest BCUT2D eigenvalue weighted by Crippen LogP contribution is -2.42. The highest BCUT2D eigenvalue weighted by molar-refractivity contribution is 5.48. The quantitative estimate of drug-likeness (QED) is 0.860. The minimum Gasteiger partial charge on any atom is -0.425 e.